The number of aromatic nitrogens is 2. The molecule has 0 atom stereocenters. The standard InChI is InChI=1S/C20H22N4/c1-13-19(11-15-3-7-17(21)8-4-15)24-14(2)20(23-13)12-16-5-9-18(22)10-6-16/h3-10H,11-12,21-22H2,1-2H3. The SMILES string of the molecule is Cc1nc(Cc2ccc(N)cc2)c(C)nc1Cc1ccc(N)cc1. The van der Waals surface area contributed by atoms with E-state index in [1.165, 1.54) is 11.1 Å². The average Bonchev–Trinajstić information content (AvgIpc) is 2.56. The van der Waals surface area contributed by atoms with Crippen molar-refractivity contribution in [1.82, 2.24) is 9.97 Å². The summed E-state index contributed by atoms with van der Waals surface area (Å²) in [6.07, 6.45) is 1.53. The molecule has 0 fully saturated rings. The summed E-state index contributed by atoms with van der Waals surface area (Å²) in [5.74, 6) is 0. The van der Waals surface area contributed by atoms with E-state index in [4.69, 9.17) is 21.4 Å². The molecule has 1 heterocycles. The summed E-state index contributed by atoms with van der Waals surface area (Å²) in [4.78, 5) is 9.57. The van der Waals surface area contributed by atoms with Crippen LogP contribution in [-0.2, 0) is 12.8 Å². The monoisotopic (exact) mass is 318 g/mol. The van der Waals surface area contributed by atoms with E-state index in [-0.39, 0.29) is 0 Å². The zero-order valence-electron chi connectivity index (χ0n) is 14.1. The molecule has 3 rings (SSSR count). The topological polar surface area (TPSA) is 77.8 Å². The average molecular weight is 318 g/mol. The highest BCUT2D eigenvalue weighted by atomic mass is 14.8. The number of rotatable bonds is 4. The lowest BCUT2D eigenvalue weighted by Gasteiger charge is -2.11. The van der Waals surface area contributed by atoms with Crippen molar-refractivity contribution in [3.63, 3.8) is 0 Å². The Hall–Kier alpha value is -2.88. The first kappa shape index (κ1) is 16.0. The Kier molecular flexibility index (Phi) is 4.47. The molecule has 4 N–H and O–H groups in total. The molecule has 24 heavy (non-hydrogen) atoms. The normalized spacial score (nSPS) is 10.8. The van der Waals surface area contributed by atoms with Gasteiger partial charge in [-0.05, 0) is 49.2 Å². The fourth-order valence-corrected chi connectivity index (χ4v) is 2.69. The van der Waals surface area contributed by atoms with Crippen LogP contribution in [0.2, 0.25) is 0 Å². The van der Waals surface area contributed by atoms with E-state index in [2.05, 4.69) is 0 Å². The van der Waals surface area contributed by atoms with Crippen molar-refractivity contribution in [2.24, 2.45) is 0 Å². The predicted octanol–water partition coefficient (Wildman–Crippen LogP) is 3.44. The summed E-state index contributed by atoms with van der Waals surface area (Å²) in [5.41, 5.74) is 19.4. The van der Waals surface area contributed by atoms with Crippen molar-refractivity contribution in [2.45, 2.75) is 26.7 Å². The van der Waals surface area contributed by atoms with Crippen LogP contribution in [0.1, 0.15) is 33.9 Å². The van der Waals surface area contributed by atoms with E-state index in [0.29, 0.717) is 0 Å². The molecular weight excluding hydrogens is 296 g/mol. The Labute approximate surface area is 142 Å². The Morgan fingerprint density at radius 2 is 0.958 bits per heavy atom. The lowest BCUT2D eigenvalue weighted by atomic mass is 10.1. The second-order valence-corrected chi connectivity index (χ2v) is 6.12. The molecule has 0 aliphatic heterocycles. The molecule has 3 aromatic rings. The number of anilines is 2. The second-order valence-electron chi connectivity index (χ2n) is 6.12. The number of aryl methyl sites for hydroxylation is 2. The van der Waals surface area contributed by atoms with Gasteiger partial charge in [-0.15, -0.1) is 0 Å². The molecule has 0 unspecified atom stereocenters. The van der Waals surface area contributed by atoms with Gasteiger partial charge < -0.3 is 11.5 Å². The zero-order chi connectivity index (χ0) is 17.1. The fourth-order valence-electron chi connectivity index (χ4n) is 2.69. The highest BCUT2D eigenvalue weighted by molar-refractivity contribution is 5.41. The minimum absolute atomic E-state index is 0.766. The summed E-state index contributed by atoms with van der Waals surface area (Å²) in [6.45, 7) is 4.04. The number of benzene rings is 2. The fraction of sp³-hybridized carbons (Fsp3) is 0.200. The molecule has 0 amide bonds. The quantitative estimate of drug-likeness (QED) is 0.722. The molecular formula is C20H22N4. The molecule has 0 radical (unpaired) electrons. The molecule has 0 bridgehead atoms. The van der Waals surface area contributed by atoms with Gasteiger partial charge in [-0.3, -0.25) is 9.97 Å². The van der Waals surface area contributed by atoms with Gasteiger partial charge in [-0.25, -0.2) is 0 Å². The van der Waals surface area contributed by atoms with Gasteiger partial charge >= 0.3 is 0 Å². The van der Waals surface area contributed by atoms with Gasteiger partial charge in [0.2, 0.25) is 0 Å². The van der Waals surface area contributed by atoms with Crippen LogP contribution in [0.3, 0.4) is 0 Å². The molecule has 2 aromatic carbocycles. The first-order chi connectivity index (χ1) is 11.5. The van der Waals surface area contributed by atoms with Crippen molar-refractivity contribution < 1.29 is 0 Å². The number of nitrogens with zero attached hydrogens (tertiary/aromatic N) is 2. The number of hydrogen-bond donors (Lipinski definition) is 2. The number of nitrogens with two attached hydrogens (primary N) is 2. The van der Waals surface area contributed by atoms with E-state index in [1.807, 2.05) is 62.4 Å². The van der Waals surface area contributed by atoms with Gasteiger partial charge in [-0.1, -0.05) is 24.3 Å². The minimum atomic E-state index is 0.766. The number of nitrogen functional groups attached to an aromatic ring is 2. The molecule has 0 saturated carbocycles. The van der Waals surface area contributed by atoms with Crippen molar-refractivity contribution in [3.05, 3.63) is 82.4 Å². The lowest BCUT2D eigenvalue weighted by Crippen LogP contribution is -2.07. The van der Waals surface area contributed by atoms with E-state index >= 15 is 0 Å². The Morgan fingerprint density at radius 3 is 1.29 bits per heavy atom. The predicted molar refractivity (Wildman–Crippen MR) is 98.8 cm³/mol. The third-order valence-electron chi connectivity index (χ3n) is 4.14. The van der Waals surface area contributed by atoms with Crippen LogP contribution in [0.25, 0.3) is 0 Å². The third kappa shape index (κ3) is 3.71. The van der Waals surface area contributed by atoms with Crippen LogP contribution in [0.4, 0.5) is 11.4 Å². The highest BCUT2D eigenvalue weighted by Crippen LogP contribution is 2.17. The molecule has 0 aliphatic carbocycles. The molecule has 1 aromatic heterocycles. The summed E-state index contributed by atoms with van der Waals surface area (Å²) in [5, 5.41) is 0. The Bertz CT molecular complexity index is 764. The van der Waals surface area contributed by atoms with E-state index < -0.39 is 0 Å². The smallest absolute Gasteiger partial charge is 0.0663 e. The maximum Gasteiger partial charge on any atom is 0.0663 e. The zero-order valence-corrected chi connectivity index (χ0v) is 14.1. The molecule has 0 aliphatic rings. The Morgan fingerprint density at radius 1 is 0.625 bits per heavy atom. The van der Waals surface area contributed by atoms with Gasteiger partial charge in [0.1, 0.15) is 0 Å². The summed E-state index contributed by atoms with van der Waals surface area (Å²) in [6, 6.07) is 15.8. The molecule has 4 nitrogen and oxygen atoms in total. The van der Waals surface area contributed by atoms with Crippen molar-refractivity contribution in [3.8, 4) is 0 Å². The minimum Gasteiger partial charge on any atom is -0.399 e. The Balaban J connectivity index is 1.82. The van der Waals surface area contributed by atoms with Gasteiger partial charge in [0.25, 0.3) is 0 Å². The van der Waals surface area contributed by atoms with Gasteiger partial charge in [0, 0.05) is 24.2 Å². The van der Waals surface area contributed by atoms with Crippen LogP contribution < -0.4 is 11.5 Å². The van der Waals surface area contributed by atoms with Crippen LogP contribution in [0, 0.1) is 13.8 Å². The number of hydrogen-bond acceptors (Lipinski definition) is 4. The van der Waals surface area contributed by atoms with Gasteiger partial charge in [0.15, 0.2) is 0 Å². The molecule has 4 heteroatoms. The van der Waals surface area contributed by atoms with E-state index in [1.54, 1.807) is 0 Å². The van der Waals surface area contributed by atoms with E-state index in [9.17, 15) is 0 Å². The van der Waals surface area contributed by atoms with Crippen molar-refractivity contribution >= 4 is 11.4 Å². The van der Waals surface area contributed by atoms with Crippen LogP contribution >= 0.6 is 0 Å². The van der Waals surface area contributed by atoms with Crippen LogP contribution in [-0.4, -0.2) is 9.97 Å². The maximum absolute atomic E-state index is 5.74. The van der Waals surface area contributed by atoms with Crippen molar-refractivity contribution in [1.29, 1.82) is 0 Å². The van der Waals surface area contributed by atoms with Crippen LogP contribution in [0.15, 0.2) is 48.5 Å². The maximum atomic E-state index is 5.74. The summed E-state index contributed by atoms with van der Waals surface area (Å²) < 4.78 is 0. The summed E-state index contributed by atoms with van der Waals surface area (Å²) >= 11 is 0. The van der Waals surface area contributed by atoms with Crippen LogP contribution in [0.5, 0.6) is 0 Å². The third-order valence-corrected chi connectivity index (χ3v) is 4.14. The lowest BCUT2D eigenvalue weighted by molar-refractivity contribution is 0.893. The first-order valence-electron chi connectivity index (χ1n) is 8.03. The van der Waals surface area contributed by atoms with E-state index in [0.717, 1.165) is 47.0 Å². The van der Waals surface area contributed by atoms with Crippen molar-refractivity contribution in [2.75, 3.05) is 11.5 Å². The molecule has 0 spiro atoms. The highest BCUT2D eigenvalue weighted by Gasteiger charge is 2.10. The molecule has 122 valence electrons. The summed E-state index contributed by atoms with van der Waals surface area (Å²) in [7, 11) is 0. The second kappa shape index (κ2) is 6.71. The molecule has 0 saturated heterocycles. The van der Waals surface area contributed by atoms with Gasteiger partial charge in [-0.2, -0.15) is 0 Å². The van der Waals surface area contributed by atoms with Gasteiger partial charge in [0.05, 0.1) is 22.8 Å². The largest absolute Gasteiger partial charge is 0.399 e. The first-order valence-corrected chi connectivity index (χ1v) is 8.03.